The Morgan fingerprint density at radius 2 is 0.724 bits per heavy atom. The zero-order valence-electron chi connectivity index (χ0n) is 55.8. The number of hydrogen-bond acceptors (Lipinski definition) is 11. The Morgan fingerprint density at radius 1 is 0.391 bits per heavy atom. The Bertz CT molecular complexity index is 1790. The van der Waals surface area contributed by atoms with Crippen LogP contribution in [-0.4, -0.2) is 89.2 Å². The molecule has 1 heterocycles. The number of aliphatic hydroxyl groups excluding tert-OH is 2. The first-order valence-electron chi connectivity index (χ1n) is 35.9. The van der Waals surface area contributed by atoms with E-state index < -0.39 is 67.3 Å². The van der Waals surface area contributed by atoms with E-state index in [9.17, 15) is 34.5 Å². The highest BCUT2D eigenvalue weighted by molar-refractivity contribution is 5.74. The summed E-state index contributed by atoms with van der Waals surface area (Å²) in [6.45, 7) is 5.91. The predicted molar refractivity (Wildman–Crippen MR) is 358 cm³/mol. The average molecular weight is 1220 g/mol. The molecule has 1 aliphatic heterocycles. The number of aliphatic carboxylic acids is 1. The fourth-order valence-corrected chi connectivity index (χ4v) is 10.8. The Hall–Kier alpha value is -3.84. The highest BCUT2D eigenvalue weighted by Crippen LogP contribution is 2.27. The second-order valence-corrected chi connectivity index (χ2v) is 24.5. The number of ether oxygens (including phenoxy) is 5. The van der Waals surface area contributed by atoms with Gasteiger partial charge in [-0.15, -0.1) is 0 Å². The summed E-state index contributed by atoms with van der Waals surface area (Å²) in [5.74, 6) is -3.11. The first-order chi connectivity index (χ1) is 42.6. The molecule has 1 rings (SSSR count). The molecule has 0 aromatic rings. The molecule has 1 saturated heterocycles. The van der Waals surface area contributed by atoms with Crippen molar-refractivity contribution >= 4 is 23.9 Å². The molecule has 1 aliphatic rings. The Morgan fingerprint density at radius 3 is 1.13 bits per heavy atom. The molecule has 6 unspecified atom stereocenters. The molecule has 0 spiro atoms. The van der Waals surface area contributed by atoms with E-state index in [0.717, 1.165) is 116 Å². The number of carbonyl (C=O) groups is 4. The zero-order valence-corrected chi connectivity index (χ0v) is 55.8. The van der Waals surface area contributed by atoms with Gasteiger partial charge in [0.05, 0.1) is 6.61 Å². The number of rotatable bonds is 62. The number of hydrogen-bond donors (Lipinski definition) is 3. The quantitative estimate of drug-likeness (QED) is 0.0228. The maximum atomic E-state index is 13.3. The molecule has 0 radical (unpaired) electrons. The molecule has 0 aromatic carbocycles. The number of aliphatic hydroxyl groups is 2. The lowest BCUT2D eigenvalue weighted by atomic mass is 9.98. The highest BCUT2D eigenvalue weighted by Gasteiger charge is 2.50. The van der Waals surface area contributed by atoms with Crippen LogP contribution in [0.2, 0.25) is 0 Å². The van der Waals surface area contributed by atoms with Gasteiger partial charge in [-0.2, -0.15) is 0 Å². The summed E-state index contributed by atoms with van der Waals surface area (Å²) < 4.78 is 28.7. The van der Waals surface area contributed by atoms with E-state index in [2.05, 4.69) is 93.7 Å². The largest absolute Gasteiger partial charge is 0.479 e. The van der Waals surface area contributed by atoms with Crippen LogP contribution in [0.3, 0.4) is 0 Å². The lowest BCUT2D eigenvalue weighted by Crippen LogP contribution is -2.61. The Balaban J connectivity index is 2.63. The van der Waals surface area contributed by atoms with E-state index in [1.54, 1.807) is 0 Å². The summed E-state index contributed by atoms with van der Waals surface area (Å²) in [4.78, 5) is 51.5. The van der Waals surface area contributed by atoms with Crippen molar-refractivity contribution in [1.82, 2.24) is 0 Å². The van der Waals surface area contributed by atoms with E-state index in [1.807, 2.05) is 0 Å². The second kappa shape index (κ2) is 62.4. The summed E-state index contributed by atoms with van der Waals surface area (Å²) in [7, 11) is 0. The fourth-order valence-electron chi connectivity index (χ4n) is 10.8. The van der Waals surface area contributed by atoms with Crippen LogP contribution < -0.4 is 0 Å². The van der Waals surface area contributed by atoms with Gasteiger partial charge in [0.15, 0.2) is 24.6 Å². The molecule has 6 atom stereocenters. The Kier molecular flexibility index (Phi) is 58.2. The van der Waals surface area contributed by atoms with Gasteiger partial charge in [-0.05, 0) is 89.9 Å². The molecule has 3 N–H and O–H groups in total. The van der Waals surface area contributed by atoms with Gasteiger partial charge in [0.2, 0.25) is 0 Å². The molecule has 1 fully saturated rings. The number of carboxylic acid groups (broad SMARTS) is 1. The SMILES string of the molecule is CC/C=C\C/C=C\C/C=C\C/C=C\CCCCCCCCC(=O)OC1C(OCC(COC(=O)CCCCCCCCCCC/C=C\C/C=C\CCCCC)OC(=O)CCCCCCCCCCCCCCCCCCCCC)OC(C(=O)O)C(O)C1O. The molecule has 0 aromatic heterocycles. The first kappa shape index (κ1) is 81.2. The van der Waals surface area contributed by atoms with E-state index >= 15 is 0 Å². The smallest absolute Gasteiger partial charge is 0.335 e. The van der Waals surface area contributed by atoms with Crippen LogP contribution in [0.15, 0.2) is 72.9 Å². The topological polar surface area (TPSA) is 175 Å². The van der Waals surface area contributed by atoms with Crippen LogP contribution in [0, 0.1) is 0 Å². The predicted octanol–water partition coefficient (Wildman–Crippen LogP) is 20.0. The van der Waals surface area contributed by atoms with E-state index in [0.29, 0.717) is 19.3 Å². The van der Waals surface area contributed by atoms with E-state index in [4.69, 9.17) is 23.7 Å². The van der Waals surface area contributed by atoms with Crippen molar-refractivity contribution in [1.29, 1.82) is 0 Å². The lowest BCUT2D eigenvalue weighted by Gasteiger charge is -2.40. The molecule has 0 saturated carbocycles. The fraction of sp³-hybridized carbons (Fsp3) is 0.787. The monoisotopic (exact) mass is 1220 g/mol. The van der Waals surface area contributed by atoms with E-state index in [-0.39, 0.29) is 25.9 Å². The standard InChI is InChI=1S/C75H130O12/c1-4-7-10-13-16-19-22-25-28-31-34-37-40-43-46-49-52-55-58-61-67(76)83-64-66(85-68(77)62-59-56-53-50-47-44-41-38-35-32-29-26-23-20-17-14-11-8-5-2)65-84-75-73(71(80)70(79)72(87-75)74(81)82)86-69(78)63-60-57-54-51-48-45-42-39-36-33-30-27-24-21-18-15-12-9-6-3/h9,12,16,18-19,21,25,27-28,30,36,39,66,70-73,75,79-80H,4-8,10-11,13-15,17,20,22-24,26,29,31-35,37-38,40-65H2,1-3H3,(H,81,82)/b12-9-,19-16-,21-18-,28-25-,30-27-,39-36-. The highest BCUT2D eigenvalue weighted by atomic mass is 16.7. The molecule has 12 nitrogen and oxygen atoms in total. The van der Waals surface area contributed by atoms with Crippen molar-refractivity contribution < 1.29 is 58.2 Å². The maximum absolute atomic E-state index is 13.3. The molecule has 0 amide bonds. The molecule has 12 heteroatoms. The average Bonchev–Trinajstić information content (AvgIpc) is 2.60. The van der Waals surface area contributed by atoms with Crippen molar-refractivity contribution in [2.45, 2.75) is 366 Å². The lowest BCUT2D eigenvalue weighted by molar-refractivity contribution is -0.301. The summed E-state index contributed by atoms with van der Waals surface area (Å²) in [5, 5.41) is 31.7. The third-order valence-corrected chi connectivity index (χ3v) is 16.3. The molecule has 0 aliphatic carbocycles. The van der Waals surface area contributed by atoms with Crippen LogP contribution in [-0.2, 0) is 42.9 Å². The number of unbranched alkanes of at least 4 members (excludes halogenated alkanes) is 36. The van der Waals surface area contributed by atoms with Gasteiger partial charge in [-0.25, -0.2) is 4.79 Å². The van der Waals surface area contributed by atoms with Gasteiger partial charge in [0, 0.05) is 19.3 Å². The second-order valence-electron chi connectivity index (χ2n) is 24.5. The van der Waals surface area contributed by atoms with Crippen molar-refractivity contribution in [2.24, 2.45) is 0 Å². The van der Waals surface area contributed by atoms with Crippen LogP contribution in [0.1, 0.15) is 329 Å². The number of carboxylic acids is 1. The third-order valence-electron chi connectivity index (χ3n) is 16.3. The van der Waals surface area contributed by atoms with Gasteiger partial charge in [0.1, 0.15) is 18.8 Å². The van der Waals surface area contributed by atoms with Crippen LogP contribution >= 0.6 is 0 Å². The number of esters is 3. The van der Waals surface area contributed by atoms with Crippen LogP contribution in [0.5, 0.6) is 0 Å². The zero-order chi connectivity index (χ0) is 63.1. The maximum Gasteiger partial charge on any atom is 0.335 e. The minimum atomic E-state index is -1.91. The van der Waals surface area contributed by atoms with Crippen molar-refractivity contribution in [3.8, 4) is 0 Å². The van der Waals surface area contributed by atoms with Gasteiger partial charge >= 0.3 is 23.9 Å². The van der Waals surface area contributed by atoms with Crippen LogP contribution in [0.25, 0.3) is 0 Å². The minimum absolute atomic E-state index is 0.0439. The number of allylic oxidation sites excluding steroid dienone is 12. The summed E-state index contributed by atoms with van der Waals surface area (Å²) in [6, 6.07) is 0. The van der Waals surface area contributed by atoms with Gasteiger partial charge in [-0.3, -0.25) is 14.4 Å². The summed E-state index contributed by atoms with van der Waals surface area (Å²) in [5.41, 5.74) is 0. The summed E-state index contributed by atoms with van der Waals surface area (Å²) in [6.07, 6.45) is 68.5. The molecular weight excluding hydrogens is 1090 g/mol. The minimum Gasteiger partial charge on any atom is -0.479 e. The normalized spacial score (nSPS) is 17.7. The van der Waals surface area contributed by atoms with E-state index in [1.165, 1.54) is 154 Å². The summed E-state index contributed by atoms with van der Waals surface area (Å²) >= 11 is 0. The van der Waals surface area contributed by atoms with Crippen molar-refractivity contribution in [2.75, 3.05) is 13.2 Å². The molecule has 87 heavy (non-hydrogen) atoms. The third kappa shape index (κ3) is 51.6. The van der Waals surface area contributed by atoms with Crippen molar-refractivity contribution in [3.63, 3.8) is 0 Å². The van der Waals surface area contributed by atoms with Crippen molar-refractivity contribution in [3.05, 3.63) is 72.9 Å². The van der Waals surface area contributed by atoms with Gasteiger partial charge in [-0.1, -0.05) is 293 Å². The molecular formula is C75H130O12. The van der Waals surface area contributed by atoms with Gasteiger partial charge < -0.3 is 39.0 Å². The first-order valence-corrected chi connectivity index (χ1v) is 35.9. The molecule has 502 valence electrons. The number of carbonyl (C=O) groups excluding carboxylic acids is 3. The van der Waals surface area contributed by atoms with Gasteiger partial charge in [0.25, 0.3) is 0 Å². The molecule has 0 bridgehead atoms. The Labute approximate surface area is 531 Å². The van der Waals surface area contributed by atoms with Crippen LogP contribution in [0.4, 0.5) is 0 Å².